The second kappa shape index (κ2) is 7.87. The van der Waals surface area contributed by atoms with E-state index in [1.807, 2.05) is 0 Å². The zero-order valence-corrected chi connectivity index (χ0v) is 13.8. The Hall–Kier alpha value is -2.22. The van der Waals surface area contributed by atoms with Crippen LogP contribution in [0.3, 0.4) is 0 Å². The second-order valence-electron chi connectivity index (χ2n) is 4.27. The number of benzene rings is 2. The molecule has 2 N–H and O–H groups in total. The summed E-state index contributed by atoms with van der Waals surface area (Å²) in [5.74, 6) is 0. The van der Waals surface area contributed by atoms with Crippen molar-refractivity contribution in [1.29, 1.82) is 0 Å². The molecular formula is C14H10Cl2N4O2S. The van der Waals surface area contributed by atoms with Crippen LogP contribution in [0.1, 0.15) is 5.56 Å². The van der Waals surface area contributed by atoms with Gasteiger partial charge in [-0.2, -0.15) is 5.10 Å². The zero-order chi connectivity index (χ0) is 16.8. The highest BCUT2D eigenvalue weighted by molar-refractivity contribution is 7.80. The van der Waals surface area contributed by atoms with E-state index in [1.165, 1.54) is 12.3 Å². The number of halogens is 2. The summed E-state index contributed by atoms with van der Waals surface area (Å²) in [6, 6.07) is 11.2. The highest BCUT2D eigenvalue weighted by atomic mass is 35.5. The zero-order valence-electron chi connectivity index (χ0n) is 11.5. The first-order chi connectivity index (χ1) is 11.0. The van der Waals surface area contributed by atoms with E-state index in [2.05, 4.69) is 15.8 Å². The first-order valence-corrected chi connectivity index (χ1v) is 7.42. The van der Waals surface area contributed by atoms with E-state index in [1.54, 1.807) is 36.4 Å². The van der Waals surface area contributed by atoms with Gasteiger partial charge >= 0.3 is 0 Å². The molecule has 0 unspecified atom stereocenters. The number of hydrogen-bond acceptors (Lipinski definition) is 4. The summed E-state index contributed by atoms with van der Waals surface area (Å²) in [6.45, 7) is 0. The standard InChI is InChI=1S/C14H10Cl2N4O2S/c15-11-6-5-10(7-12(11)16)18-14(23)19-17-8-9-3-1-2-4-13(9)20(21)22/h1-8H,(H2,18,19,23)/b17-8-. The van der Waals surface area contributed by atoms with Crippen LogP contribution >= 0.6 is 35.4 Å². The largest absolute Gasteiger partial charge is 0.331 e. The summed E-state index contributed by atoms with van der Waals surface area (Å²) in [6.07, 6.45) is 1.32. The highest BCUT2D eigenvalue weighted by Gasteiger charge is 2.09. The Morgan fingerprint density at radius 1 is 1.22 bits per heavy atom. The Bertz CT molecular complexity index is 783. The van der Waals surface area contributed by atoms with Crippen LogP contribution in [0.4, 0.5) is 11.4 Å². The maximum atomic E-state index is 10.9. The van der Waals surface area contributed by atoms with Crippen LogP contribution < -0.4 is 10.7 Å². The predicted molar refractivity (Wildman–Crippen MR) is 96.5 cm³/mol. The molecule has 0 fully saturated rings. The molecule has 2 aromatic rings. The van der Waals surface area contributed by atoms with Crippen molar-refractivity contribution in [3.63, 3.8) is 0 Å². The average Bonchev–Trinajstić information content (AvgIpc) is 2.51. The molecule has 0 aliphatic carbocycles. The number of rotatable bonds is 4. The molecule has 0 atom stereocenters. The van der Waals surface area contributed by atoms with Crippen LogP contribution in [0.25, 0.3) is 0 Å². The monoisotopic (exact) mass is 368 g/mol. The van der Waals surface area contributed by atoms with Gasteiger partial charge in [0.15, 0.2) is 5.11 Å². The molecule has 0 aromatic heterocycles. The van der Waals surface area contributed by atoms with Crippen molar-refractivity contribution in [2.45, 2.75) is 0 Å². The van der Waals surface area contributed by atoms with Crippen molar-refractivity contribution >= 4 is 58.1 Å². The molecule has 0 saturated carbocycles. The molecule has 118 valence electrons. The number of anilines is 1. The maximum absolute atomic E-state index is 10.9. The number of nitro groups is 1. The van der Waals surface area contributed by atoms with Gasteiger partial charge in [-0.15, -0.1) is 0 Å². The molecule has 2 rings (SSSR count). The maximum Gasteiger partial charge on any atom is 0.278 e. The minimum Gasteiger partial charge on any atom is -0.331 e. The Balaban J connectivity index is 1.99. The quantitative estimate of drug-likeness (QED) is 0.365. The molecule has 0 saturated heterocycles. The van der Waals surface area contributed by atoms with Crippen molar-refractivity contribution in [2.24, 2.45) is 5.10 Å². The van der Waals surface area contributed by atoms with Gasteiger partial charge in [0.05, 0.1) is 26.7 Å². The molecule has 0 bridgehead atoms. The van der Waals surface area contributed by atoms with Gasteiger partial charge in [-0.25, -0.2) is 0 Å². The summed E-state index contributed by atoms with van der Waals surface area (Å²) in [5.41, 5.74) is 3.53. The minimum atomic E-state index is -0.479. The summed E-state index contributed by atoms with van der Waals surface area (Å²) in [7, 11) is 0. The molecule has 6 nitrogen and oxygen atoms in total. The third-order valence-electron chi connectivity index (χ3n) is 2.68. The molecule has 23 heavy (non-hydrogen) atoms. The van der Waals surface area contributed by atoms with Crippen LogP contribution in [0, 0.1) is 10.1 Å². The van der Waals surface area contributed by atoms with Gasteiger partial charge in [-0.05, 0) is 36.5 Å². The molecule has 2 aromatic carbocycles. The van der Waals surface area contributed by atoms with Crippen LogP contribution in [-0.2, 0) is 0 Å². The van der Waals surface area contributed by atoms with Crippen LogP contribution in [0.5, 0.6) is 0 Å². The number of thiocarbonyl (C=S) groups is 1. The van der Waals surface area contributed by atoms with Crippen LogP contribution in [0.15, 0.2) is 47.6 Å². The van der Waals surface area contributed by atoms with Crippen molar-refractivity contribution in [2.75, 3.05) is 5.32 Å². The summed E-state index contributed by atoms with van der Waals surface area (Å²) in [4.78, 5) is 10.4. The van der Waals surface area contributed by atoms with Crippen molar-refractivity contribution in [3.8, 4) is 0 Å². The number of nitrogens with zero attached hydrogens (tertiary/aromatic N) is 2. The highest BCUT2D eigenvalue weighted by Crippen LogP contribution is 2.24. The lowest BCUT2D eigenvalue weighted by atomic mass is 10.2. The lowest BCUT2D eigenvalue weighted by molar-refractivity contribution is -0.385. The number of hydrazone groups is 1. The van der Waals surface area contributed by atoms with Gasteiger partial charge in [-0.1, -0.05) is 35.3 Å². The van der Waals surface area contributed by atoms with E-state index in [0.717, 1.165) is 0 Å². The Labute approximate surface area is 147 Å². The van der Waals surface area contributed by atoms with Gasteiger partial charge in [0.1, 0.15) is 0 Å². The van der Waals surface area contributed by atoms with E-state index < -0.39 is 4.92 Å². The average molecular weight is 369 g/mol. The Morgan fingerprint density at radius 3 is 2.65 bits per heavy atom. The molecule has 0 spiro atoms. The smallest absolute Gasteiger partial charge is 0.278 e. The van der Waals surface area contributed by atoms with Gasteiger partial charge < -0.3 is 5.32 Å². The Kier molecular flexibility index (Phi) is 5.86. The van der Waals surface area contributed by atoms with Crippen molar-refractivity contribution < 1.29 is 4.92 Å². The van der Waals surface area contributed by atoms with Crippen molar-refractivity contribution in [3.05, 3.63) is 68.2 Å². The molecule has 0 aliphatic rings. The van der Waals surface area contributed by atoms with E-state index in [4.69, 9.17) is 35.4 Å². The van der Waals surface area contributed by atoms with Crippen molar-refractivity contribution in [1.82, 2.24) is 5.43 Å². The fraction of sp³-hybridized carbons (Fsp3) is 0. The fourth-order valence-corrected chi connectivity index (χ4v) is 2.12. The number of para-hydroxylation sites is 1. The normalized spacial score (nSPS) is 10.5. The summed E-state index contributed by atoms with van der Waals surface area (Å²) in [5, 5.41) is 18.7. The van der Waals surface area contributed by atoms with Gasteiger partial charge in [0, 0.05) is 11.8 Å². The second-order valence-corrected chi connectivity index (χ2v) is 5.49. The molecule has 0 heterocycles. The van der Waals surface area contributed by atoms with Gasteiger partial charge in [0.2, 0.25) is 0 Å². The molecule has 0 radical (unpaired) electrons. The molecular weight excluding hydrogens is 359 g/mol. The molecule has 9 heteroatoms. The molecule has 0 amide bonds. The minimum absolute atomic E-state index is 0.0404. The van der Waals surface area contributed by atoms with Gasteiger partial charge in [0.25, 0.3) is 5.69 Å². The fourth-order valence-electron chi connectivity index (χ4n) is 1.66. The Morgan fingerprint density at radius 2 is 1.96 bits per heavy atom. The summed E-state index contributed by atoms with van der Waals surface area (Å²) >= 11 is 16.8. The van der Waals surface area contributed by atoms with E-state index in [0.29, 0.717) is 21.3 Å². The SMILES string of the molecule is O=[N+]([O-])c1ccccc1/C=N\NC(=S)Nc1ccc(Cl)c(Cl)c1. The molecule has 0 aliphatic heterocycles. The topological polar surface area (TPSA) is 79.6 Å². The predicted octanol–water partition coefficient (Wildman–Crippen LogP) is 4.22. The number of nitrogens with one attached hydrogen (secondary N) is 2. The van der Waals surface area contributed by atoms with E-state index >= 15 is 0 Å². The van der Waals surface area contributed by atoms with Gasteiger partial charge in [-0.3, -0.25) is 15.5 Å². The third kappa shape index (κ3) is 4.88. The van der Waals surface area contributed by atoms with Crippen LogP contribution in [-0.4, -0.2) is 16.3 Å². The van der Waals surface area contributed by atoms with Crippen LogP contribution in [0.2, 0.25) is 10.0 Å². The lowest BCUT2D eigenvalue weighted by Gasteiger charge is -2.07. The number of hydrogen-bond donors (Lipinski definition) is 2. The first-order valence-electron chi connectivity index (χ1n) is 6.26. The third-order valence-corrected chi connectivity index (χ3v) is 3.61. The first kappa shape index (κ1) is 17.1. The summed E-state index contributed by atoms with van der Waals surface area (Å²) < 4.78 is 0. The lowest BCUT2D eigenvalue weighted by Crippen LogP contribution is -2.23. The number of nitro benzene ring substituents is 1. The van der Waals surface area contributed by atoms with E-state index in [-0.39, 0.29) is 10.8 Å². The van der Waals surface area contributed by atoms with E-state index in [9.17, 15) is 10.1 Å².